The van der Waals surface area contributed by atoms with Crippen molar-refractivity contribution in [1.29, 1.82) is 0 Å². The molecule has 0 atom stereocenters. The fourth-order valence-electron chi connectivity index (χ4n) is 10.5. The second-order valence-electron chi connectivity index (χ2n) is 18.2. The van der Waals surface area contributed by atoms with Crippen LogP contribution in [0.25, 0.3) is 149 Å². The van der Waals surface area contributed by atoms with Crippen LogP contribution in [0.4, 0.5) is 0 Å². The van der Waals surface area contributed by atoms with Crippen LogP contribution in [-0.4, -0.2) is 29.9 Å². The van der Waals surface area contributed by atoms with E-state index < -0.39 is 0 Å². The fraction of sp³-hybridized carbons (Fsp3) is 0. The molecule has 16 aromatic rings. The van der Waals surface area contributed by atoms with Crippen molar-refractivity contribution >= 4 is 172 Å². The Bertz CT molecular complexity index is 4810. The third-order valence-electron chi connectivity index (χ3n) is 14.0. The summed E-state index contributed by atoms with van der Waals surface area (Å²) >= 11 is 3.17. The Hall–Kier alpha value is -8.33. The van der Waals surface area contributed by atoms with Gasteiger partial charge in [-0.15, -0.1) is 45.6 Å². The monoisotopic (exact) mass is 1130 g/mol. The first-order valence-electron chi connectivity index (χ1n) is 23.3. The van der Waals surface area contributed by atoms with Gasteiger partial charge in [0.1, 0.15) is 22.3 Å². The second kappa shape index (κ2) is 15.8. The summed E-state index contributed by atoms with van der Waals surface area (Å²) in [5.74, 6) is 1.02. The molecule has 0 fully saturated rings. The molecule has 10 aromatic carbocycles. The van der Waals surface area contributed by atoms with Gasteiger partial charge in [-0.25, -0.2) is 19.9 Å². The summed E-state index contributed by atoms with van der Waals surface area (Å²) in [6.45, 7) is 0. The molecule has 0 aliphatic heterocycles. The number of rotatable bonds is 2. The van der Waals surface area contributed by atoms with Crippen molar-refractivity contribution in [1.82, 2.24) is 29.9 Å². The molecule has 6 heterocycles. The van der Waals surface area contributed by atoms with Crippen molar-refractivity contribution in [2.75, 3.05) is 0 Å². The first kappa shape index (κ1) is 41.5. The minimum absolute atomic E-state index is 0. The maximum absolute atomic E-state index is 7.11. The number of aromatic nitrogens is 6. The van der Waals surface area contributed by atoms with Crippen LogP contribution in [-0.2, 0) is 21.1 Å². The summed E-state index contributed by atoms with van der Waals surface area (Å²) in [7, 11) is 0. The fourth-order valence-corrected chi connectivity index (χ4v) is 12.6. The van der Waals surface area contributed by atoms with Gasteiger partial charge in [0.2, 0.25) is 0 Å². The Kier molecular flexibility index (Phi) is 9.12. The summed E-state index contributed by atoms with van der Waals surface area (Å²) in [6, 6.07) is 68.7. The molecule has 0 amide bonds. The van der Waals surface area contributed by atoms with Crippen LogP contribution in [0, 0.1) is 12.1 Å². The molecule has 6 aromatic heterocycles. The quantitative estimate of drug-likeness (QED) is 0.126. The van der Waals surface area contributed by atoms with Crippen molar-refractivity contribution < 1.29 is 25.8 Å². The number of nitrogens with zero attached hydrogens (tertiary/aromatic N) is 6. The van der Waals surface area contributed by atoms with Gasteiger partial charge in [0, 0.05) is 33.3 Å². The molecule has 0 aliphatic carbocycles. The number of thiazole rings is 2. The Balaban J connectivity index is 0.00000462. The molecule has 7 nitrogen and oxygen atoms in total. The SMILES string of the molecule is [Pt+2].[c-]1c(Oc2[c-]c3cc(c2)c2ccc4ccc5ccc(cc5c4c2)c2cccc(c2)c2nc4ncnc3c4s2)cc2cc1c1ncnc3nc(sc31)c1cccc(c1)c1ccc3ccc4ccc2cc4c3c1. The predicted molar refractivity (Wildman–Crippen MR) is 296 cm³/mol. The first-order chi connectivity index (χ1) is 35.0. The van der Waals surface area contributed by atoms with E-state index in [4.69, 9.17) is 24.7 Å². The summed E-state index contributed by atoms with van der Waals surface area (Å²) in [5.41, 5.74) is 2.73. The molecular formula is C62H30N6OPtS2. The van der Waals surface area contributed by atoms with Gasteiger partial charge in [-0.1, -0.05) is 144 Å². The zero-order valence-corrected chi connectivity index (χ0v) is 41.4. The molecule has 0 spiro atoms. The molecule has 0 radical (unpaired) electrons. The van der Waals surface area contributed by atoms with E-state index in [1.54, 1.807) is 35.3 Å². The van der Waals surface area contributed by atoms with E-state index in [1.165, 1.54) is 32.3 Å². The van der Waals surface area contributed by atoms with E-state index in [0.29, 0.717) is 22.8 Å². The molecule has 10 heteroatoms. The number of ether oxygens (including phenoxy) is 1. The molecule has 16 rings (SSSR count). The first-order valence-corrected chi connectivity index (χ1v) is 24.9. The maximum atomic E-state index is 7.11. The average Bonchev–Trinajstić information content (AvgIpc) is 4.08. The van der Waals surface area contributed by atoms with E-state index in [9.17, 15) is 0 Å². The van der Waals surface area contributed by atoms with Crippen molar-refractivity contribution in [3.05, 3.63) is 195 Å². The minimum Gasteiger partial charge on any atom is -0.497 e. The van der Waals surface area contributed by atoms with Crippen molar-refractivity contribution in [3.63, 3.8) is 0 Å². The molecule has 0 unspecified atom stereocenters. The maximum Gasteiger partial charge on any atom is 2.00 e. The van der Waals surface area contributed by atoms with Gasteiger partial charge in [-0.05, 0) is 112 Å². The van der Waals surface area contributed by atoms with Gasteiger partial charge >= 0.3 is 21.1 Å². The third kappa shape index (κ3) is 6.58. The Morgan fingerprint density at radius 3 is 1.08 bits per heavy atom. The van der Waals surface area contributed by atoms with Gasteiger partial charge < -0.3 is 4.74 Å². The summed E-state index contributed by atoms with van der Waals surface area (Å²) in [6.07, 6.45) is 3.18. The van der Waals surface area contributed by atoms with Crippen molar-refractivity contribution in [3.8, 4) is 11.5 Å². The second-order valence-corrected chi connectivity index (χ2v) is 20.2. The Morgan fingerprint density at radius 1 is 0.333 bits per heavy atom. The molecule has 336 valence electrons. The summed E-state index contributed by atoms with van der Waals surface area (Å²) in [5, 5.41) is 21.5. The summed E-state index contributed by atoms with van der Waals surface area (Å²) in [4.78, 5) is 31.1. The van der Waals surface area contributed by atoms with E-state index in [1.807, 2.05) is 0 Å². The van der Waals surface area contributed by atoms with Crippen LogP contribution in [0.3, 0.4) is 0 Å². The molecule has 72 heavy (non-hydrogen) atoms. The normalized spacial score (nSPS) is 12.1. The molecular weight excluding hydrogens is 1100 g/mol. The number of fused-ring (bicyclic) bond motifs is 22. The van der Waals surface area contributed by atoms with Crippen LogP contribution in [0.2, 0.25) is 0 Å². The van der Waals surface area contributed by atoms with Crippen LogP contribution < -0.4 is 4.74 Å². The van der Waals surface area contributed by atoms with E-state index in [0.717, 1.165) is 106 Å². The van der Waals surface area contributed by atoms with E-state index in [2.05, 4.69) is 192 Å². The third-order valence-corrected chi connectivity index (χ3v) is 16.2. The smallest absolute Gasteiger partial charge is 0.497 e. The standard InChI is InChI=1S/C62H30N6OS2.Pt/c1-3-37-19-43(5-1)61-67-59-57(70-61)55(63-31-65-59)47-21-45(41-17-13-35-9-7-33-11-15-39(37)27-51(33)53(35)29-41)23-49(25-47)69-50-24-46-22-48(26-50)56-58-60(66-32-64-56)68-62(71-58)44-6-2-4-38(20-44)40-16-12-34-8-10-36-14-18-42(46)30-54(36)52(34)28-40;/h1-24,27-32H;/q-2;+2. The van der Waals surface area contributed by atoms with Crippen LogP contribution >= 0.6 is 22.7 Å². The summed E-state index contributed by atoms with van der Waals surface area (Å²) < 4.78 is 8.85. The van der Waals surface area contributed by atoms with E-state index >= 15 is 0 Å². The zero-order valence-electron chi connectivity index (χ0n) is 37.5. The molecule has 0 saturated heterocycles. The van der Waals surface area contributed by atoms with Gasteiger partial charge in [0.15, 0.2) is 11.3 Å². The van der Waals surface area contributed by atoms with Gasteiger partial charge in [-0.3, -0.25) is 9.97 Å². The average molecular weight is 1130 g/mol. The topological polar surface area (TPSA) is 86.6 Å². The predicted octanol–water partition coefficient (Wildman–Crippen LogP) is 16.8. The van der Waals surface area contributed by atoms with Gasteiger partial charge in [0.05, 0.1) is 9.40 Å². The minimum atomic E-state index is 0. The largest absolute Gasteiger partial charge is 2.00 e. The molecule has 0 saturated carbocycles. The molecule has 20 bridgehead atoms. The zero-order chi connectivity index (χ0) is 46.3. The van der Waals surface area contributed by atoms with Crippen LogP contribution in [0.1, 0.15) is 0 Å². The Labute approximate surface area is 430 Å². The molecule has 0 N–H and O–H groups in total. The van der Waals surface area contributed by atoms with Gasteiger partial charge in [0.25, 0.3) is 0 Å². The molecule has 0 aliphatic rings. The van der Waals surface area contributed by atoms with E-state index in [-0.39, 0.29) is 21.1 Å². The van der Waals surface area contributed by atoms with Crippen LogP contribution in [0.5, 0.6) is 11.5 Å². The van der Waals surface area contributed by atoms with Gasteiger partial charge in [-0.2, -0.15) is 0 Å². The van der Waals surface area contributed by atoms with Crippen LogP contribution in [0.15, 0.2) is 183 Å². The number of hydrogen-bond acceptors (Lipinski definition) is 9. The van der Waals surface area contributed by atoms with Crippen molar-refractivity contribution in [2.45, 2.75) is 0 Å². The number of hydrogen-bond donors (Lipinski definition) is 0. The Morgan fingerprint density at radius 2 is 0.681 bits per heavy atom. The van der Waals surface area contributed by atoms with Crippen molar-refractivity contribution in [2.24, 2.45) is 0 Å². The number of benzene rings is 10.